The molecule has 1 aliphatic carbocycles. The van der Waals surface area contributed by atoms with Gasteiger partial charge in [0.15, 0.2) is 11.6 Å². The van der Waals surface area contributed by atoms with Crippen molar-refractivity contribution in [2.75, 3.05) is 0 Å². The minimum absolute atomic E-state index is 0.671. The van der Waals surface area contributed by atoms with Crippen LogP contribution in [-0.4, -0.2) is 30.8 Å². The molecule has 1 fully saturated rings. The van der Waals surface area contributed by atoms with Crippen LogP contribution in [0.5, 0.6) is 0 Å². The normalized spacial score (nSPS) is 14.7. The quantitative estimate of drug-likeness (QED) is 0.861. The third-order valence-corrected chi connectivity index (χ3v) is 3.39. The van der Waals surface area contributed by atoms with Crippen LogP contribution in [0.2, 0.25) is 0 Å². The highest BCUT2D eigenvalue weighted by atomic mass is 15.4. The van der Waals surface area contributed by atoms with E-state index in [0.29, 0.717) is 6.04 Å². The molecule has 106 valence electrons. The minimum atomic E-state index is 0.671. The molecule has 2 aromatic rings. The van der Waals surface area contributed by atoms with Gasteiger partial charge in [-0.25, -0.2) is 9.97 Å². The molecule has 1 aliphatic rings. The second-order valence-electron chi connectivity index (χ2n) is 5.09. The standard InChI is InChI=1S/C14H20N6/c1-3-12-18-13(4-2)20(19-12)14-9-15-7-11(17-14)8-16-10-5-6-10/h7,9-10,16H,3-6,8H2,1-2H3. The van der Waals surface area contributed by atoms with Gasteiger partial charge in [-0.3, -0.25) is 4.98 Å². The lowest BCUT2D eigenvalue weighted by Crippen LogP contribution is -2.17. The summed E-state index contributed by atoms with van der Waals surface area (Å²) in [4.78, 5) is 13.4. The Morgan fingerprint density at radius 3 is 2.75 bits per heavy atom. The van der Waals surface area contributed by atoms with E-state index in [2.05, 4.69) is 39.2 Å². The molecule has 2 heterocycles. The summed E-state index contributed by atoms with van der Waals surface area (Å²) < 4.78 is 1.81. The second-order valence-corrected chi connectivity index (χ2v) is 5.09. The van der Waals surface area contributed by atoms with Gasteiger partial charge in [-0.05, 0) is 12.8 Å². The lowest BCUT2D eigenvalue weighted by Gasteiger charge is -2.06. The van der Waals surface area contributed by atoms with Crippen molar-refractivity contribution in [1.29, 1.82) is 0 Å². The lowest BCUT2D eigenvalue weighted by molar-refractivity contribution is 0.664. The minimum Gasteiger partial charge on any atom is -0.308 e. The van der Waals surface area contributed by atoms with E-state index >= 15 is 0 Å². The molecular weight excluding hydrogens is 252 g/mol. The lowest BCUT2D eigenvalue weighted by atomic mass is 10.4. The largest absolute Gasteiger partial charge is 0.308 e. The van der Waals surface area contributed by atoms with Crippen molar-refractivity contribution in [1.82, 2.24) is 30.0 Å². The van der Waals surface area contributed by atoms with Gasteiger partial charge < -0.3 is 5.32 Å². The summed E-state index contributed by atoms with van der Waals surface area (Å²) in [6.45, 7) is 4.90. The van der Waals surface area contributed by atoms with Gasteiger partial charge in [-0.2, -0.15) is 4.68 Å². The molecule has 0 spiro atoms. The number of nitrogens with one attached hydrogen (secondary N) is 1. The Balaban J connectivity index is 1.84. The number of hydrogen-bond donors (Lipinski definition) is 1. The van der Waals surface area contributed by atoms with Gasteiger partial charge in [0.05, 0.1) is 11.9 Å². The maximum atomic E-state index is 4.63. The highest BCUT2D eigenvalue weighted by Gasteiger charge is 2.20. The maximum absolute atomic E-state index is 4.63. The van der Waals surface area contributed by atoms with Crippen LogP contribution in [0.1, 0.15) is 44.0 Å². The van der Waals surface area contributed by atoms with Gasteiger partial charge in [-0.15, -0.1) is 5.10 Å². The average Bonchev–Trinajstić information content (AvgIpc) is 3.22. The van der Waals surface area contributed by atoms with Gasteiger partial charge in [0, 0.05) is 31.6 Å². The molecule has 0 bridgehead atoms. The van der Waals surface area contributed by atoms with Crippen molar-refractivity contribution < 1.29 is 0 Å². The molecule has 0 saturated heterocycles. The Hall–Kier alpha value is -1.82. The Morgan fingerprint density at radius 2 is 2.05 bits per heavy atom. The second kappa shape index (κ2) is 5.66. The van der Waals surface area contributed by atoms with Crippen LogP contribution < -0.4 is 5.32 Å². The van der Waals surface area contributed by atoms with Gasteiger partial charge >= 0.3 is 0 Å². The monoisotopic (exact) mass is 272 g/mol. The topological polar surface area (TPSA) is 68.5 Å². The fourth-order valence-electron chi connectivity index (χ4n) is 2.07. The first kappa shape index (κ1) is 13.2. The highest BCUT2D eigenvalue weighted by Crippen LogP contribution is 2.19. The average molecular weight is 272 g/mol. The number of hydrogen-bond acceptors (Lipinski definition) is 5. The van der Waals surface area contributed by atoms with Crippen molar-refractivity contribution in [2.24, 2.45) is 0 Å². The van der Waals surface area contributed by atoms with E-state index in [1.807, 2.05) is 10.9 Å². The van der Waals surface area contributed by atoms with Gasteiger partial charge in [0.1, 0.15) is 5.82 Å². The summed E-state index contributed by atoms with van der Waals surface area (Å²) in [6.07, 6.45) is 7.76. The molecule has 6 nitrogen and oxygen atoms in total. The summed E-state index contributed by atoms with van der Waals surface area (Å²) in [7, 11) is 0. The Bertz CT molecular complexity index is 587. The first-order chi connectivity index (χ1) is 9.80. The summed E-state index contributed by atoms with van der Waals surface area (Å²) in [6, 6.07) is 0.671. The number of rotatable bonds is 6. The zero-order valence-corrected chi connectivity index (χ0v) is 12.0. The van der Waals surface area contributed by atoms with Crippen LogP contribution in [0.25, 0.3) is 5.82 Å². The third kappa shape index (κ3) is 2.85. The van der Waals surface area contributed by atoms with Crippen LogP contribution in [0.4, 0.5) is 0 Å². The van der Waals surface area contributed by atoms with Crippen molar-refractivity contribution >= 4 is 0 Å². The number of aryl methyl sites for hydroxylation is 2. The van der Waals surface area contributed by atoms with Crippen LogP contribution in [0.3, 0.4) is 0 Å². The van der Waals surface area contributed by atoms with E-state index in [4.69, 9.17) is 0 Å². The van der Waals surface area contributed by atoms with Gasteiger partial charge in [0.2, 0.25) is 0 Å². The molecule has 6 heteroatoms. The van der Waals surface area contributed by atoms with Gasteiger partial charge in [-0.1, -0.05) is 13.8 Å². The summed E-state index contributed by atoms with van der Waals surface area (Å²) in [5.74, 6) is 2.54. The van der Waals surface area contributed by atoms with Gasteiger partial charge in [0.25, 0.3) is 0 Å². The van der Waals surface area contributed by atoms with Crippen LogP contribution in [-0.2, 0) is 19.4 Å². The summed E-state index contributed by atoms with van der Waals surface area (Å²) >= 11 is 0. The van der Waals surface area contributed by atoms with E-state index in [9.17, 15) is 0 Å². The fourth-order valence-corrected chi connectivity index (χ4v) is 2.07. The smallest absolute Gasteiger partial charge is 0.174 e. The first-order valence-corrected chi connectivity index (χ1v) is 7.29. The van der Waals surface area contributed by atoms with E-state index in [0.717, 1.165) is 42.5 Å². The molecule has 0 atom stereocenters. The summed E-state index contributed by atoms with van der Waals surface area (Å²) in [5.41, 5.74) is 0.949. The molecule has 1 N–H and O–H groups in total. The predicted molar refractivity (Wildman–Crippen MR) is 75.6 cm³/mol. The van der Waals surface area contributed by atoms with Crippen LogP contribution in [0, 0.1) is 0 Å². The number of aromatic nitrogens is 5. The Morgan fingerprint density at radius 1 is 1.20 bits per heavy atom. The zero-order valence-electron chi connectivity index (χ0n) is 12.0. The number of nitrogens with zero attached hydrogens (tertiary/aromatic N) is 5. The third-order valence-electron chi connectivity index (χ3n) is 3.39. The fraction of sp³-hybridized carbons (Fsp3) is 0.571. The van der Waals surface area contributed by atoms with Crippen LogP contribution >= 0.6 is 0 Å². The van der Waals surface area contributed by atoms with E-state index in [1.54, 1.807) is 6.20 Å². The Kier molecular flexibility index (Phi) is 3.73. The summed E-state index contributed by atoms with van der Waals surface area (Å²) in [5, 5.41) is 7.95. The molecule has 3 rings (SSSR count). The molecule has 0 unspecified atom stereocenters. The first-order valence-electron chi connectivity index (χ1n) is 7.29. The Labute approximate surface area is 118 Å². The molecule has 2 aromatic heterocycles. The zero-order chi connectivity index (χ0) is 13.9. The molecular formula is C14H20N6. The van der Waals surface area contributed by atoms with Crippen molar-refractivity contribution in [3.8, 4) is 5.82 Å². The van der Waals surface area contributed by atoms with E-state index in [-0.39, 0.29) is 0 Å². The molecule has 1 saturated carbocycles. The van der Waals surface area contributed by atoms with Crippen molar-refractivity contribution in [3.05, 3.63) is 29.7 Å². The van der Waals surface area contributed by atoms with E-state index < -0.39 is 0 Å². The van der Waals surface area contributed by atoms with Crippen molar-refractivity contribution in [2.45, 2.75) is 52.1 Å². The molecule has 0 radical (unpaired) electrons. The van der Waals surface area contributed by atoms with Crippen molar-refractivity contribution in [3.63, 3.8) is 0 Å². The molecule has 0 aliphatic heterocycles. The molecule has 0 amide bonds. The maximum Gasteiger partial charge on any atom is 0.174 e. The van der Waals surface area contributed by atoms with E-state index in [1.165, 1.54) is 12.8 Å². The van der Waals surface area contributed by atoms with Crippen LogP contribution in [0.15, 0.2) is 12.4 Å². The highest BCUT2D eigenvalue weighted by molar-refractivity contribution is 5.20. The molecule has 0 aromatic carbocycles. The molecule has 20 heavy (non-hydrogen) atoms. The predicted octanol–water partition coefficient (Wildman–Crippen LogP) is 1.43. The SMILES string of the molecule is CCc1nc(CC)n(-c2cncc(CNC3CC3)n2)n1.